The molecule has 0 spiro atoms. The number of ketones is 1. The zero-order valence-corrected chi connectivity index (χ0v) is 10.9. The van der Waals surface area contributed by atoms with E-state index in [4.69, 9.17) is 9.15 Å². The fraction of sp³-hybridized carbons (Fsp3) is 0.312. The molecule has 0 bridgehead atoms. The van der Waals surface area contributed by atoms with Crippen molar-refractivity contribution in [1.82, 2.24) is 0 Å². The number of carbonyl (C=O) groups excluding carboxylic acids is 1. The van der Waals surface area contributed by atoms with Gasteiger partial charge in [-0.05, 0) is 37.0 Å². The quantitative estimate of drug-likeness (QED) is 0.785. The van der Waals surface area contributed by atoms with Gasteiger partial charge in [0.25, 0.3) is 0 Å². The number of furan rings is 1. The highest BCUT2D eigenvalue weighted by Crippen LogP contribution is 2.36. The SMILES string of the molecule is Cc1occc1C(=O)CC1CCOc2ccccc21. The van der Waals surface area contributed by atoms with Gasteiger partial charge in [0.05, 0.1) is 18.4 Å². The van der Waals surface area contributed by atoms with Crippen LogP contribution in [0.4, 0.5) is 0 Å². The molecule has 1 aliphatic heterocycles. The lowest BCUT2D eigenvalue weighted by Crippen LogP contribution is -2.17. The highest BCUT2D eigenvalue weighted by molar-refractivity contribution is 5.97. The zero-order valence-electron chi connectivity index (χ0n) is 10.9. The average molecular weight is 256 g/mol. The molecule has 0 N–H and O–H groups in total. The van der Waals surface area contributed by atoms with Gasteiger partial charge in [0, 0.05) is 6.42 Å². The fourth-order valence-electron chi connectivity index (χ4n) is 2.64. The molecule has 3 nitrogen and oxygen atoms in total. The molecular formula is C16H16O3. The van der Waals surface area contributed by atoms with Crippen LogP contribution in [0.3, 0.4) is 0 Å². The molecule has 1 aromatic carbocycles. The standard InChI is InChI=1S/C16H16O3/c1-11-13(7-9-18-11)15(17)10-12-6-8-19-16-5-3-2-4-14(12)16/h2-5,7,9,12H,6,8,10H2,1H3. The Bertz CT molecular complexity index is 598. The van der Waals surface area contributed by atoms with Crippen molar-refractivity contribution in [2.24, 2.45) is 0 Å². The molecule has 0 radical (unpaired) electrons. The Balaban J connectivity index is 1.82. The second kappa shape index (κ2) is 4.92. The Labute approximate surface area is 112 Å². The van der Waals surface area contributed by atoms with Crippen LogP contribution in [0.1, 0.15) is 40.4 Å². The van der Waals surface area contributed by atoms with Crippen molar-refractivity contribution in [2.45, 2.75) is 25.7 Å². The minimum absolute atomic E-state index is 0.146. The first-order chi connectivity index (χ1) is 9.25. The molecule has 0 saturated carbocycles. The zero-order chi connectivity index (χ0) is 13.2. The molecule has 0 aliphatic carbocycles. The molecule has 0 saturated heterocycles. The van der Waals surface area contributed by atoms with Crippen LogP contribution in [0.15, 0.2) is 41.0 Å². The number of rotatable bonds is 3. The number of fused-ring (bicyclic) bond motifs is 1. The number of carbonyl (C=O) groups is 1. The predicted molar refractivity (Wildman–Crippen MR) is 71.7 cm³/mol. The Morgan fingerprint density at radius 3 is 2.95 bits per heavy atom. The van der Waals surface area contributed by atoms with Gasteiger partial charge in [0.2, 0.25) is 0 Å². The van der Waals surface area contributed by atoms with E-state index in [1.54, 1.807) is 12.3 Å². The fourth-order valence-corrected chi connectivity index (χ4v) is 2.64. The van der Waals surface area contributed by atoms with E-state index in [-0.39, 0.29) is 11.7 Å². The maximum atomic E-state index is 12.3. The lowest BCUT2D eigenvalue weighted by molar-refractivity contribution is 0.0964. The van der Waals surface area contributed by atoms with Crippen molar-refractivity contribution in [3.63, 3.8) is 0 Å². The monoisotopic (exact) mass is 256 g/mol. The van der Waals surface area contributed by atoms with E-state index in [1.165, 1.54) is 0 Å². The van der Waals surface area contributed by atoms with Crippen molar-refractivity contribution >= 4 is 5.78 Å². The number of benzene rings is 1. The molecule has 19 heavy (non-hydrogen) atoms. The Kier molecular flexibility index (Phi) is 3.11. The number of para-hydroxylation sites is 1. The van der Waals surface area contributed by atoms with Gasteiger partial charge in [-0.15, -0.1) is 0 Å². The van der Waals surface area contributed by atoms with Crippen molar-refractivity contribution < 1.29 is 13.9 Å². The summed E-state index contributed by atoms with van der Waals surface area (Å²) in [6, 6.07) is 9.73. The molecule has 1 unspecified atom stereocenters. The summed E-state index contributed by atoms with van der Waals surface area (Å²) in [4.78, 5) is 12.3. The summed E-state index contributed by atoms with van der Waals surface area (Å²) in [6.07, 6.45) is 2.97. The number of aryl methyl sites for hydroxylation is 1. The highest BCUT2D eigenvalue weighted by Gasteiger charge is 2.24. The van der Waals surface area contributed by atoms with Crippen LogP contribution >= 0.6 is 0 Å². The van der Waals surface area contributed by atoms with Gasteiger partial charge in [-0.25, -0.2) is 0 Å². The first-order valence-corrected chi connectivity index (χ1v) is 6.54. The van der Waals surface area contributed by atoms with Crippen LogP contribution < -0.4 is 4.74 Å². The van der Waals surface area contributed by atoms with Crippen LogP contribution in [-0.4, -0.2) is 12.4 Å². The van der Waals surface area contributed by atoms with Crippen molar-refractivity contribution in [3.8, 4) is 5.75 Å². The second-order valence-corrected chi connectivity index (χ2v) is 4.89. The third-order valence-corrected chi connectivity index (χ3v) is 3.67. The van der Waals surface area contributed by atoms with E-state index < -0.39 is 0 Å². The molecule has 1 aliphatic rings. The summed E-state index contributed by atoms with van der Waals surface area (Å²) in [6.45, 7) is 2.50. The molecule has 3 heteroatoms. The normalized spacial score (nSPS) is 17.6. The van der Waals surface area contributed by atoms with Crippen LogP contribution in [0.5, 0.6) is 5.75 Å². The van der Waals surface area contributed by atoms with Gasteiger partial charge in [-0.2, -0.15) is 0 Å². The highest BCUT2D eigenvalue weighted by atomic mass is 16.5. The lowest BCUT2D eigenvalue weighted by atomic mass is 9.87. The minimum atomic E-state index is 0.146. The number of ether oxygens (including phenoxy) is 1. The smallest absolute Gasteiger partial charge is 0.166 e. The molecule has 0 amide bonds. The molecular weight excluding hydrogens is 240 g/mol. The van der Waals surface area contributed by atoms with Crippen molar-refractivity contribution in [1.29, 1.82) is 0 Å². The van der Waals surface area contributed by atoms with Crippen LogP contribution in [0.2, 0.25) is 0 Å². The largest absolute Gasteiger partial charge is 0.493 e. The van der Waals surface area contributed by atoms with E-state index in [2.05, 4.69) is 6.07 Å². The van der Waals surface area contributed by atoms with E-state index >= 15 is 0 Å². The van der Waals surface area contributed by atoms with E-state index in [1.807, 2.05) is 25.1 Å². The summed E-state index contributed by atoms with van der Waals surface area (Å²) in [5.74, 6) is 2.00. The van der Waals surface area contributed by atoms with Gasteiger partial charge in [-0.3, -0.25) is 4.79 Å². The average Bonchev–Trinajstić information content (AvgIpc) is 2.85. The second-order valence-electron chi connectivity index (χ2n) is 4.89. The topological polar surface area (TPSA) is 39.4 Å². The Hall–Kier alpha value is -2.03. The van der Waals surface area contributed by atoms with Crippen LogP contribution in [0, 0.1) is 6.92 Å². The number of hydrogen-bond acceptors (Lipinski definition) is 3. The van der Waals surface area contributed by atoms with Crippen molar-refractivity contribution in [3.05, 3.63) is 53.5 Å². The Morgan fingerprint density at radius 2 is 2.16 bits per heavy atom. The maximum absolute atomic E-state index is 12.3. The third-order valence-electron chi connectivity index (χ3n) is 3.67. The minimum Gasteiger partial charge on any atom is -0.493 e. The van der Waals surface area contributed by atoms with Gasteiger partial charge in [-0.1, -0.05) is 18.2 Å². The molecule has 2 aromatic rings. The summed E-state index contributed by atoms with van der Waals surface area (Å²) >= 11 is 0. The van der Waals surface area contributed by atoms with Gasteiger partial charge >= 0.3 is 0 Å². The summed E-state index contributed by atoms with van der Waals surface area (Å²) in [5.41, 5.74) is 1.84. The molecule has 0 fully saturated rings. The molecule has 1 aromatic heterocycles. The number of hydrogen-bond donors (Lipinski definition) is 0. The third kappa shape index (κ3) is 2.28. The van der Waals surface area contributed by atoms with E-state index in [9.17, 15) is 4.79 Å². The summed E-state index contributed by atoms with van der Waals surface area (Å²) in [7, 11) is 0. The lowest BCUT2D eigenvalue weighted by Gasteiger charge is -2.25. The molecule has 98 valence electrons. The predicted octanol–water partition coefficient (Wildman–Crippen LogP) is 3.73. The van der Waals surface area contributed by atoms with Crippen LogP contribution in [0.25, 0.3) is 0 Å². The molecule has 2 heterocycles. The van der Waals surface area contributed by atoms with E-state index in [0.29, 0.717) is 24.4 Å². The van der Waals surface area contributed by atoms with Crippen LogP contribution in [-0.2, 0) is 0 Å². The van der Waals surface area contributed by atoms with Gasteiger partial charge in [0.1, 0.15) is 11.5 Å². The molecule has 1 atom stereocenters. The van der Waals surface area contributed by atoms with E-state index in [0.717, 1.165) is 17.7 Å². The van der Waals surface area contributed by atoms with Gasteiger partial charge in [0.15, 0.2) is 5.78 Å². The first kappa shape index (κ1) is 12.0. The summed E-state index contributed by atoms with van der Waals surface area (Å²) < 4.78 is 10.8. The Morgan fingerprint density at radius 1 is 1.32 bits per heavy atom. The first-order valence-electron chi connectivity index (χ1n) is 6.54. The van der Waals surface area contributed by atoms with Gasteiger partial charge < -0.3 is 9.15 Å². The summed E-state index contributed by atoms with van der Waals surface area (Å²) in [5, 5.41) is 0. The number of Topliss-reactive ketones (excluding diaryl/α,β-unsaturated/α-hetero) is 1. The molecule has 3 rings (SSSR count). The van der Waals surface area contributed by atoms with Crippen molar-refractivity contribution in [2.75, 3.05) is 6.61 Å². The maximum Gasteiger partial charge on any atom is 0.166 e.